The average molecular weight is 353 g/mol. The number of nitrogens with zero attached hydrogens (tertiary/aromatic N) is 2. The van der Waals surface area contributed by atoms with Crippen molar-refractivity contribution in [1.82, 2.24) is 4.90 Å². The topological polar surface area (TPSA) is 44.7 Å². The van der Waals surface area contributed by atoms with Crippen LogP contribution in [0.3, 0.4) is 0 Å². The van der Waals surface area contributed by atoms with Crippen LogP contribution in [0.5, 0.6) is 0 Å². The van der Waals surface area contributed by atoms with Gasteiger partial charge in [-0.1, -0.05) is 25.8 Å². The third-order valence-corrected chi connectivity index (χ3v) is 4.55. The van der Waals surface area contributed by atoms with Gasteiger partial charge in [0.05, 0.1) is 5.69 Å². The Kier molecular flexibility index (Phi) is 5.66. The first-order chi connectivity index (χ1) is 12.6. The molecular formula is C21H24FN3O. The highest BCUT2D eigenvalue weighted by Gasteiger charge is 2.18. The maximum absolute atomic E-state index is 13.0. The average Bonchev–Trinajstić information content (AvgIpc) is 2.64. The summed E-state index contributed by atoms with van der Waals surface area (Å²) in [5, 5.41) is 2.79. The van der Waals surface area contributed by atoms with Gasteiger partial charge in [-0.15, -0.1) is 0 Å². The van der Waals surface area contributed by atoms with E-state index in [2.05, 4.69) is 24.2 Å². The van der Waals surface area contributed by atoms with Gasteiger partial charge in [0.25, 0.3) is 5.91 Å². The van der Waals surface area contributed by atoms with Crippen LogP contribution < -0.4 is 5.32 Å². The van der Waals surface area contributed by atoms with Crippen LogP contribution in [-0.4, -0.2) is 23.7 Å². The van der Waals surface area contributed by atoms with E-state index in [1.165, 1.54) is 25.0 Å². The van der Waals surface area contributed by atoms with Crippen LogP contribution in [0.2, 0.25) is 0 Å². The molecule has 0 saturated carbocycles. The Hall–Kier alpha value is -2.69. The molecule has 1 N–H and O–H groups in total. The number of anilines is 1. The minimum Gasteiger partial charge on any atom is -0.359 e. The number of aliphatic imine (C=N–C) groups is 1. The quantitative estimate of drug-likeness (QED) is 0.731. The van der Waals surface area contributed by atoms with Crippen molar-refractivity contribution in [2.24, 2.45) is 4.99 Å². The summed E-state index contributed by atoms with van der Waals surface area (Å²) >= 11 is 0. The monoisotopic (exact) mass is 353 g/mol. The third kappa shape index (κ3) is 4.28. The largest absolute Gasteiger partial charge is 0.359 e. The summed E-state index contributed by atoms with van der Waals surface area (Å²) in [6.45, 7) is 2.99. The van der Waals surface area contributed by atoms with E-state index in [-0.39, 0.29) is 11.7 Å². The number of carbonyl (C=O) groups excluding carboxylic acids is 1. The molecule has 0 fully saturated rings. The van der Waals surface area contributed by atoms with Crippen LogP contribution in [0.25, 0.3) is 0 Å². The van der Waals surface area contributed by atoms with E-state index < -0.39 is 0 Å². The SMILES string of the molecule is CCCCCC1=Nc2cc(C(=O)Nc3ccc(F)cc3)ccc2CN1C. The molecule has 0 bridgehead atoms. The zero-order chi connectivity index (χ0) is 18.5. The molecule has 1 amide bonds. The van der Waals surface area contributed by atoms with Gasteiger partial charge in [0.1, 0.15) is 11.7 Å². The van der Waals surface area contributed by atoms with E-state index in [0.29, 0.717) is 11.3 Å². The fourth-order valence-corrected chi connectivity index (χ4v) is 3.03. The number of rotatable bonds is 6. The van der Waals surface area contributed by atoms with Crippen molar-refractivity contribution in [3.05, 3.63) is 59.4 Å². The number of halogens is 1. The molecule has 2 aromatic carbocycles. The Balaban J connectivity index is 1.76. The molecule has 0 unspecified atom stereocenters. The normalized spacial score (nSPS) is 13.2. The van der Waals surface area contributed by atoms with E-state index >= 15 is 0 Å². The van der Waals surface area contributed by atoms with Gasteiger partial charge in [-0.25, -0.2) is 9.38 Å². The highest BCUT2D eigenvalue weighted by molar-refractivity contribution is 6.05. The number of amides is 1. The Morgan fingerprint density at radius 2 is 1.96 bits per heavy atom. The van der Waals surface area contributed by atoms with Crippen molar-refractivity contribution >= 4 is 23.1 Å². The first-order valence-electron chi connectivity index (χ1n) is 9.05. The molecule has 1 aliphatic rings. The molecule has 0 radical (unpaired) electrons. The maximum atomic E-state index is 13.0. The third-order valence-electron chi connectivity index (χ3n) is 4.55. The fraction of sp³-hybridized carbons (Fsp3) is 0.333. The number of unbranched alkanes of at least 4 members (excludes halogenated alkanes) is 2. The van der Waals surface area contributed by atoms with E-state index in [1.54, 1.807) is 12.1 Å². The molecule has 1 aliphatic heterocycles. The number of carbonyl (C=O) groups is 1. The summed E-state index contributed by atoms with van der Waals surface area (Å²) in [5.74, 6) is 0.522. The van der Waals surface area contributed by atoms with Gasteiger partial charge >= 0.3 is 0 Å². The van der Waals surface area contributed by atoms with Crippen LogP contribution in [0.1, 0.15) is 48.5 Å². The van der Waals surface area contributed by atoms with Crippen molar-refractivity contribution in [2.45, 2.75) is 39.2 Å². The van der Waals surface area contributed by atoms with E-state index in [0.717, 1.165) is 36.5 Å². The maximum Gasteiger partial charge on any atom is 0.255 e. The number of hydrogen-bond acceptors (Lipinski definition) is 3. The van der Waals surface area contributed by atoms with E-state index in [4.69, 9.17) is 4.99 Å². The van der Waals surface area contributed by atoms with Gasteiger partial charge < -0.3 is 10.2 Å². The molecule has 136 valence electrons. The first-order valence-corrected chi connectivity index (χ1v) is 9.05. The second-order valence-corrected chi connectivity index (χ2v) is 6.65. The molecule has 3 rings (SSSR count). The lowest BCUT2D eigenvalue weighted by atomic mass is 10.1. The standard InChI is InChI=1S/C21H24FN3O/c1-3-4-5-6-20-24-19-13-15(7-8-16(19)14-25(20)2)21(26)23-18-11-9-17(22)10-12-18/h7-13H,3-6,14H2,1-2H3,(H,23,26). The minimum absolute atomic E-state index is 0.221. The van der Waals surface area contributed by atoms with Crippen LogP contribution in [0.4, 0.5) is 15.8 Å². The summed E-state index contributed by atoms with van der Waals surface area (Å²) in [7, 11) is 2.06. The van der Waals surface area contributed by atoms with Gasteiger partial charge in [-0.05, 0) is 48.4 Å². The Morgan fingerprint density at radius 1 is 1.19 bits per heavy atom. The van der Waals surface area contributed by atoms with Crippen LogP contribution in [0, 0.1) is 5.82 Å². The number of nitrogens with one attached hydrogen (secondary N) is 1. The summed E-state index contributed by atoms with van der Waals surface area (Å²) in [4.78, 5) is 19.4. The van der Waals surface area contributed by atoms with Crippen molar-refractivity contribution < 1.29 is 9.18 Å². The van der Waals surface area contributed by atoms with Crippen molar-refractivity contribution in [2.75, 3.05) is 12.4 Å². The predicted octanol–water partition coefficient (Wildman–Crippen LogP) is 5.13. The van der Waals surface area contributed by atoms with Crippen LogP contribution in [-0.2, 0) is 6.54 Å². The first kappa shape index (κ1) is 18.1. The molecule has 0 atom stereocenters. The molecule has 0 aliphatic carbocycles. The van der Waals surface area contributed by atoms with Gasteiger partial charge in [0.15, 0.2) is 0 Å². The minimum atomic E-state index is -0.328. The molecule has 0 aromatic heterocycles. The Labute approximate surface area is 153 Å². The molecular weight excluding hydrogens is 329 g/mol. The summed E-state index contributed by atoms with van der Waals surface area (Å²) in [6.07, 6.45) is 4.46. The highest BCUT2D eigenvalue weighted by atomic mass is 19.1. The zero-order valence-corrected chi connectivity index (χ0v) is 15.3. The molecule has 4 nitrogen and oxygen atoms in total. The number of benzene rings is 2. The van der Waals surface area contributed by atoms with Gasteiger partial charge in [-0.3, -0.25) is 4.79 Å². The van der Waals surface area contributed by atoms with E-state index in [9.17, 15) is 9.18 Å². The number of amidine groups is 1. The Bertz CT molecular complexity index is 815. The van der Waals surface area contributed by atoms with Crippen LogP contribution >= 0.6 is 0 Å². The zero-order valence-electron chi connectivity index (χ0n) is 15.3. The summed E-state index contributed by atoms with van der Waals surface area (Å²) in [5.41, 5.74) is 3.10. The molecule has 1 heterocycles. The van der Waals surface area contributed by atoms with Crippen LogP contribution in [0.15, 0.2) is 47.5 Å². The number of fused-ring (bicyclic) bond motifs is 1. The second-order valence-electron chi connectivity index (χ2n) is 6.65. The Morgan fingerprint density at radius 3 is 2.69 bits per heavy atom. The van der Waals surface area contributed by atoms with Gasteiger partial charge in [-0.2, -0.15) is 0 Å². The molecule has 26 heavy (non-hydrogen) atoms. The highest BCUT2D eigenvalue weighted by Crippen LogP contribution is 2.28. The lowest BCUT2D eigenvalue weighted by molar-refractivity contribution is 0.102. The lowest BCUT2D eigenvalue weighted by Crippen LogP contribution is -2.28. The van der Waals surface area contributed by atoms with Crippen molar-refractivity contribution in [3.63, 3.8) is 0 Å². The molecule has 0 spiro atoms. The predicted molar refractivity (Wildman–Crippen MR) is 103 cm³/mol. The summed E-state index contributed by atoms with van der Waals surface area (Å²) in [6, 6.07) is 11.3. The number of hydrogen-bond donors (Lipinski definition) is 1. The smallest absolute Gasteiger partial charge is 0.255 e. The fourth-order valence-electron chi connectivity index (χ4n) is 3.03. The van der Waals surface area contributed by atoms with E-state index in [1.807, 2.05) is 18.2 Å². The molecule has 0 saturated heterocycles. The summed E-state index contributed by atoms with van der Waals surface area (Å²) < 4.78 is 13.0. The van der Waals surface area contributed by atoms with Gasteiger partial charge in [0, 0.05) is 31.3 Å². The lowest BCUT2D eigenvalue weighted by Gasteiger charge is -2.27. The molecule has 2 aromatic rings. The van der Waals surface area contributed by atoms with Crippen molar-refractivity contribution in [1.29, 1.82) is 0 Å². The van der Waals surface area contributed by atoms with Gasteiger partial charge in [0.2, 0.25) is 0 Å². The molecule has 5 heteroatoms. The second kappa shape index (κ2) is 8.13. The van der Waals surface area contributed by atoms with Crippen molar-refractivity contribution in [3.8, 4) is 0 Å².